The number of aromatic nitrogens is 3. The maximum Gasteiger partial charge on any atom is 0.284 e. The Balaban J connectivity index is 1.95. The van der Waals surface area contributed by atoms with Gasteiger partial charge in [0.1, 0.15) is 23.7 Å². The summed E-state index contributed by atoms with van der Waals surface area (Å²) in [7, 11) is 5.03. The summed E-state index contributed by atoms with van der Waals surface area (Å²) >= 11 is 0. The number of pyridine rings is 1. The highest BCUT2D eigenvalue weighted by atomic mass is 19.1. The van der Waals surface area contributed by atoms with Crippen LogP contribution in [-0.4, -0.2) is 53.5 Å². The minimum absolute atomic E-state index is 0.303. The van der Waals surface area contributed by atoms with Gasteiger partial charge in [0.2, 0.25) is 0 Å². The first-order valence-electron chi connectivity index (χ1n) is 8.80. The summed E-state index contributed by atoms with van der Waals surface area (Å²) in [5.41, 5.74) is 0.897. The van der Waals surface area contributed by atoms with Crippen LogP contribution in [0, 0.1) is 0 Å². The Morgan fingerprint density at radius 2 is 2.07 bits per heavy atom. The lowest BCUT2D eigenvalue weighted by molar-refractivity contribution is -0.114. The number of methoxy groups -OCH3 is 1. The number of benzene rings is 1. The van der Waals surface area contributed by atoms with Crippen molar-refractivity contribution >= 4 is 34.1 Å². The number of halogens is 1. The van der Waals surface area contributed by atoms with E-state index in [2.05, 4.69) is 25.6 Å². The molecular formula is C20H21FN6O2. The summed E-state index contributed by atoms with van der Waals surface area (Å²) in [4.78, 5) is 26.7. The number of fused-ring (bicyclic) bond motifs is 1. The van der Waals surface area contributed by atoms with Crippen molar-refractivity contribution in [1.82, 2.24) is 19.9 Å². The molecule has 0 aliphatic heterocycles. The van der Waals surface area contributed by atoms with E-state index in [1.807, 2.05) is 6.07 Å². The third-order valence-corrected chi connectivity index (χ3v) is 3.97. The second kappa shape index (κ2) is 9.07. The lowest BCUT2D eigenvalue weighted by atomic mass is 10.2. The van der Waals surface area contributed by atoms with Gasteiger partial charge in [0.05, 0.1) is 18.3 Å². The molecule has 0 aliphatic carbocycles. The number of carbonyl (C=O) groups excluding carboxylic acids is 1. The van der Waals surface area contributed by atoms with E-state index in [0.717, 1.165) is 0 Å². The van der Waals surface area contributed by atoms with Crippen LogP contribution in [-0.2, 0) is 4.79 Å². The number of amides is 1. The standard InChI is InChI=1S/C20H21FN6O2/c1-27(2)9-7-14(21)20(28)25-16-10-13-15(11-17(16)29-3)23-12-24-19(13)26-18-6-4-5-8-22-18/h4-8,10-12H,9H2,1-3H3,(H,25,28)(H,22,23,24,26)/b14-7-. The van der Waals surface area contributed by atoms with E-state index in [0.29, 0.717) is 40.5 Å². The Bertz CT molecular complexity index is 1040. The fourth-order valence-corrected chi connectivity index (χ4v) is 2.55. The zero-order valence-electron chi connectivity index (χ0n) is 16.3. The van der Waals surface area contributed by atoms with Crippen molar-refractivity contribution < 1.29 is 13.9 Å². The van der Waals surface area contributed by atoms with E-state index in [1.54, 1.807) is 49.5 Å². The van der Waals surface area contributed by atoms with Crippen molar-refractivity contribution in [3.05, 3.63) is 54.8 Å². The maximum absolute atomic E-state index is 14.1. The number of carbonyl (C=O) groups is 1. The molecule has 0 unspecified atom stereocenters. The average Bonchev–Trinajstić information content (AvgIpc) is 2.72. The van der Waals surface area contributed by atoms with Crippen LogP contribution in [0.3, 0.4) is 0 Å². The summed E-state index contributed by atoms with van der Waals surface area (Å²) in [5.74, 6) is -0.284. The van der Waals surface area contributed by atoms with Gasteiger partial charge in [-0.1, -0.05) is 6.07 Å². The van der Waals surface area contributed by atoms with E-state index in [1.165, 1.54) is 19.5 Å². The Kier molecular flexibility index (Phi) is 6.30. The van der Waals surface area contributed by atoms with Gasteiger partial charge < -0.3 is 20.3 Å². The first-order chi connectivity index (χ1) is 14.0. The molecule has 1 amide bonds. The Labute approximate surface area is 167 Å². The van der Waals surface area contributed by atoms with Crippen LogP contribution in [0.1, 0.15) is 0 Å². The van der Waals surface area contributed by atoms with Crippen LogP contribution in [0.2, 0.25) is 0 Å². The van der Waals surface area contributed by atoms with Gasteiger partial charge in [0.15, 0.2) is 5.83 Å². The molecule has 0 aliphatic rings. The quantitative estimate of drug-likeness (QED) is 0.593. The highest BCUT2D eigenvalue weighted by Crippen LogP contribution is 2.33. The molecule has 0 atom stereocenters. The normalized spacial score (nSPS) is 11.6. The molecular weight excluding hydrogens is 375 g/mol. The molecule has 1 aromatic carbocycles. The topological polar surface area (TPSA) is 92.3 Å². The van der Waals surface area contributed by atoms with E-state index in [4.69, 9.17) is 4.74 Å². The Morgan fingerprint density at radius 1 is 1.24 bits per heavy atom. The number of nitrogens with one attached hydrogen (secondary N) is 2. The molecule has 0 spiro atoms. The van der Waals surface area contributed by atoms with E-state index < -0.39 is 11.7 Å². The molecule has 8 nitrogen and oxygen atoms in total. The van der Waals surface area contributed by atoms with Crippen LogP contribution in [0.15, 0.2) is 54.8 Å². The summed E-state index contributed by atoms with van der Waals surface area (Å²) < 4.78 is 19.4. The zero-order chi connectivity index (χ0) is 20.8. The highest BCUT2D eigenvalue weighted by Gasteiger charge is 2.15. The molecule has 2 N–H and O–H groups in total. The third-order valence-electron chi connectivity index (χ3n) is 3.97. The summed E-state index contributed by atoms with van der Waals surface area (Å²) in [6.45, 7) is 0.306. The zero-order valence-corrected chi connectivity index (χ0v) is 16.3. The minimum Gasteiger partial charge on any atom is -0.494 e. The van der Waals surface area contributed by atoms with Crippen LogP contribution in [0.5, 0.6) is 5.75 Å². The van der Waals surface area contributed by atoms with Crippen molar-refractivity contribution in [2.75, 3.05) is 38.4 Å². The fourth-order valence-electron chi connectivity index (χ4n) is 2.55. The van der Waals surface area contributed by atoms with E-state index in [-0.39, 0.29) is 0 Å². The first-order valence-corrected chi connectivity index (χ1v) is 8.80. The molecule has 29 heavy (non-hydrogen) atoms. The predicted octanol–water partition coefficient (Wildman–Crippen LogP) is 3.13. The van der Waals surface area contributed by atoms with Crippen LogP contribution in [0.4, 0.5) is 21.7 Å². The molecule has 3 rings (SSSR count). The first kappa shape index (κ1) is 20.2. The summed E-state index contributed by atoms with van der Waals surface area (Å²) in [5, 5.41) is 6.27. The predicted molar refractivity (Wildman–Crippen MR) is 110 cm³/mol. The van der Waals surface area contributed by atoms with Gasteiger partial charge in [-0.3, -0.25) is 4.79 Å². The van der Waals surface area contributed by atoms with Gasteiger partial charge >= 0.3 is 0 Å². The molecule has 2 aromatic heterocycles. The summed E-state index contributed by atoms with van der Waals surface area (Å²) in [6.07, 6.45) is 4.28. The van der Waals surface area contributed by atoms with E-state index >= 15 is 0 Å². The second-order valence-electron chi connectivity index (χ2n) is 6.40. The molecule has 0 saturated heterocycles. The molecule has 2 heterocycles. The smallest absolute Gasteiger partial charge is 0.284 e. The summed E-state index contributed by atoms with van der Waals surface area (Å²) in [6, 6.07) is 8.73. The van der Waals surface area contributed by atoms with Crippen LogP contribution in [0.25, 0.3) is 10.9 Å². The van der Waals surface area contributed by atoms with Gasteiger partial charge in [-0.05, 0) is 38.4 Å². The molecule has 0 fully saturated rings. The average molecular weight is 396 g/mol. The van der Waals surface area contributed by atoms with Gasteiger partial charge in [-0.2, -0.15) is 0 Å². The third kappa shape index (κ3) is 5.02. The molecule has 3 aromatic rings. The molecule has 0 saturated carbocycles. The van der Waals surface area contributed by atoms with Crippen molar-refractivity contribution in [3.8, 4) is 5.75 Å². The van der Waals surface area contributed by atoms with Gasteiger partial charge in [-0.15, -0.1) is 0 Å². The highest BCUT2D eigenvalue weighted by molar-refractivity contribution is 6.05. The number of ether oxygens (including phenoxy) is 1. The van der Waals surface area contributed by atoms with Crippen molar-refractivity contribution in [3.63, 3.8) is 0 Å². The number of rotatable bonds is 7. The Hall–Kier alpha value is -3.59. The molecule has 0 bridgehead atoms. The number of nitrogens with zero attached hydrogens (tertiary/aromatic N) is 4. The SMILES string of the molecule is COc1cc2ncnc(Nc3ccccn3)c2cc1NC(=O)/C(F)=C/CN(C)C. The van der Waals surface area contributed by atoms with E-state index in [9.17, 15) is 9.18 Å². The van der Waals surface area contributed by atoms with Gasteiger partial charge in [0.25, 0.3) is 5.91 Å². The van der Waals surface area contributed by atoms with Gasteiger partial charge in [0, 0.05) is 24.2 Å². The lowest BCUT2D eigenvalue weighted by Gasteiger charge is -2.13. The molecule has 9 heteroatoms. The Morgan fingerprint density at radius 3 is 2.76 bits per heavy atom. The lowest BCUT2D eigenvalue weighted by Crippen LogP contribution is -2.16. The van der Waals surface area contributed by atoms with Crippen molar-refractivity contribution in [2.24, 2.45) is 0 Å². The molecule has 150 valence electrons. The van der Waals surface area contributed by atoms with Crippen molar-refractivity contribution in [1.29, 1.82) is 0 Å². The van der Waals surface area contributed by atoms with Crippen LogP contribution >= 0.6 is 0 Å². The maximum atomic E-state index is 14.1. The number of hydrogen-bond acceptors (Lipinski definition) is 7. The fraction of sp³-hybridized carbons (Fsp3) is 0.200. The molecule has 0 radical (unpaired) electrons. The monoisotopic (exact) mass is 396 g/mol. The van der Waals surface area contributed by atoms with Gasteiger partial charge in [-0.25, -0.2) is 19.3 Å². The number of hydrogen-bond donors (Lipinski definition) is 2. The second-order valence-corrected chi connectivity index (χ2v) is 6.40. The number of likely N-dealkylation sites (N-methyl/N-ethyl adjacent to an activating group) is 1. The van der Waals surface area contributed by atoms with Crippen LogP contribution < -0.4 is 15.4 Å². The van der Waals surface area contributed by atoms with Crippen molar-refractivity contribution in [2.45, 2.75) is 0 Å². The largest absolute Gasteiger partial charge is 0.494 e. The minimum atomic E-state index is -0.878. The number of anilines is 3.